The van der Waals surface area contributed by atoms with E-state index in [0.717, 1.165) is 21.3 Å². The Balaban J connectivity index is 2.38. The molecular formula is C15H15BrO3. The third-order valence-electron chi connectivity index (χ3n) is 2.93. The molecular weight excluding hydrogens is 308 g/mol. The molecule has 0 radical (unpaired) electrons. The monoisotopic (exact) mass is 322 g/mol. The number of ether oxygens (including phenoxy) is 2. The molecule has 2 aromatic carbocycles. The molecule has 0 bridgehead atoms. The van der Waals surface area contributed by atoms with Crippen LogP contribution in [-0.2, 0) is 0 Å². The Bertz CT molecular complexity index is 569. The SMILES string of the molecule is COc1ccc(C(O)c2ccccc2OC)cc1Br. The molecule has 0 spiro atoms. The highest BCUT2D eigenvalue weighted by molar-refractivity contribution is 9.10. The van der Waals surface area contributed by atoms with Gasteiger partial charge in [-0.05, 0) is 39.7 Å². The second-order valence-corrected chi connectivity index (χ2v) is 4.89. The van der Waals surface area contributed by atoms with Crippen molar-refractivity contribution in [3.8, 4) is 11.5 Å². The standard InChI is InChI=1S/C15H15BrO3/c1-18-13-6-4-3-5-11(13)15(17)10-7-8-14(19-2)12(16)9-10/h3-9,15,17H,1-2H3. The molecule has 0 saturated heterocycles. The maximum Gasteiger partial charge on any atom is 0.133 e. The van der Waals surface area contributed by atoms with Gasteiger partial charge in [0.2, 0.25) is 0 Å². The van der Waals surface area contributed by atoms with E-state index in [0.29, 0.717) is 5.75 Å². The molecule has 100 valence electrons. The summed E-state index contributed by atoms with van der Waals surface area (Å²) in [4.78, 5) is 0. The first-order valence-corrected chi connectivity index (χ1v) is 6.61. The number of rotatable bonds is 4. The van der Waals surface area contributed by atoms with Crippen LogP contribution in [0.5, 0.6) is 11.5 Å². The van der Waals surface area contributed by atoms with Crippen LogP contribution in [0.1, 0.15) is 17.2 Å². The minimum atomic E-state index is -0.738. The van der Waals surface area contributed by atoms with E-state index in [1.54, 1.807) is 14.2 Å². The number of hydrogen-bond donors (Lipinski definition) is 1. The average molecular weight is 323 g/mol. The van der Waals surface area contributed by atoms with Gasteiger partial charge in [0.25, 0.3) is 0 Å². The van der Waals surface area contributed by atoms with Crippen LogP contribution in [0.2, 0.25) is 0 Å². The van der Waals surface area contributed by atoms with Crippen LogP contribution < -0.4 is 9.47 Å². The maximum atomic E-state index is 10.5. The van der Waals surface area contributed by atoms with Crippen LogP contribution in [0.4, 0.5) is 0 Å². The predicted molar refractivity (Wildman–Crippen MR) is 77.7 cm³/mol. The maximum absolute atomic E-state index is 10.5. The lowest BCUT2D eigenvalue weighted by Crippen LogP contribution is -2.02. The fourth-order valence-corrected chi connectivity index (χ4v) is 2.48. The molecule has 0 aliphatic heterocycles. The molecule has 0 heterocycles. The van der Waals surface area contributed by atoms with Crippen LogP contribution in [0.3, 0.4) is 0 Å². The molecule has 0 saturated carbocycles. The molecule has 19 heavy (non-hydrogen) atoms. The molecule has 0 fully saturated rings. The van der Waals surface area contributed by atoms with Crippen molar-refractivity contribution < 1.29 is 14.6 Å². The number of methoxy groups -OCH3 is 2. The molecule has 1 atom stereocenters. The van der Waals surface area contributed by atoms with Crippen LogP contribution in [-0.4, -0.2) is 19.3 Å². The van der Waals surface area contributed by atoms with E-state index in [4.69, 9.17) is 9.47 Å². The predicted octanol–water partition coefficient (Wildman–Crippen LogP) is 3.55. The first kappa shape index (κ1) is 13.9. The van der Waals surface area contributed by atoms with E-state index < -0.39 is 6.10 Å². The normalized spacial score (nSPS) is 12.0. The van der Waals surface area contributed by atoms with Gasteiger partial charge in [0, 0.05) is 5.56 Å². The van der Waals surface area contributed by atoms with E-state index in [1.807, 2.05) is 42.5 Å². The molecule has 4 heteroatoms. The van der Waals surface area contributed by atoms with Gasteiger partial charge in [-0.15, -0.1) is 0 Å². The Morgan fingerprint density at radius 2 is 1.68 bits per heavy atom. The average Bonchev–Trinajstić information content (AvgIpc) is 2.46. The van der Waals surface area contributed by atoms with E-state index in [-0.39, 0.29) is 0 Å². The van der Waals surface area contributed by atoms with Gasteiger partial charge >= 0.3 is 0 Å². The summed E-state index contributed by atoms with van der Waals surface area (Å²) in [6, 6.07) is 12.9. The van der Waals surface area contributed by atoms with Crippen LogP contribution in [0.15, 0.2) is 46.9 Å². The summed E-state index contributed by atoms with van der Waals surface area (Å²) in [7, 11) is 3.20. The minimum absolute atomic E-state index is 0.668. The highest BCUT2D eigenvalue weighted by Crippen LogP contribution is 2.33. The van der Waals surface area contributed by atoms with Gasteiger partial charge in [-0.3, -0.25) is 0 Å². The second kappa shape index (κ2) is 6.08. The topological polar surface area (TPSA) is 38.7 Å². The van der Waals surface area contributed by atoms with Gasteiger partial charge in [-0.25, -0.2) is 0 Å². The Labute approximate surface area is 120 Å². The molecule has 2 rings (SSSR count). The van der Waals surface area contributed by atoms with E-state index in [9.17, 15) is 5.11 Å². The van der Waals surface area contributed by atoms with Crippen molar-refractivity contribution in [2.24, 2.45) is 0 Å². The third kappa shape index (κ3) is 2.91. The molecule has 2 aromatic rings. The summed E-state index contributed by atoms with van der Waals surface area (Å²) in [5, 5.41) is 10.5. The summed E-state index contributed by atoms with van der Waals surface area (Å²) in [6.07, 6.45) is -0.738. The summed E-state index contributed by atoms with van der Waals surface area (Å²) >= 11 is 3.42. The number of para-hydroxylation sites is 1. The van der Waals surface area contributed by atoms with E-state index >= 15 is 0 Å². The minimum Gasteiger partial charge on any atom is -0.496 e. The number of benzene rings is 2. The van der Waals surface area contributed by atoms with Crippen molar-refractivity contribution in [1.82, 2.24) is 0 Å². The summed E-state index contributed by atoms with van der Waals surface area (Å²) < 4.78 is 11.3. The zero-order valence-electron chi connectivity index (χ0n) is 10.8. The van der Waals surface area contributed by atoms with Gasteiger partial charge in [0.1, 0.15) is 17.6 Å². The molecule has 3 nitrogen and oxygen atoms in total. The van der Waals surface area contributed by atoms with Gasteiger partial charge in [-0.1, -0.05) is 24.3 Å². The third-order valence-corrected chi connectivity index (χ3v) is 3.54. The lowest BCUT2D eigenvalue weighted by Gasteiger charge is -2.16. The largest absolute Gasteiger partial charge is 0.496 e. The first-order valence-electron chi connectivity index (χ1n) is 5.81. The number of aliphatic hydroxyl groups is 1. The van der Waals surface area contributed by atoms with Gasteiger partial charge in [0.05, 0.1) is 18.7 Å². The fourth-order valence-electron chi connectivity index (χ4n) is 1.92. The Morgan fingerprint density at radius 3 is 2.32 bits per heavy atom. The van der Waals surface area contributed by atoms with Crippen LogP contribution in [0, 0.1) is 0 Å². The fraction of sp³-hybridized carbons (Fsp3) is 0.200. The Morgan fingerprint density at radius 1 is 1.00 bits per heavy atom. The zero-order valence-corrected chi connectivity index (χ0v) is 12.3. The van der Waals surface area contributed by atoms with Crippen molar-refractivity contribution in [2.75, 3.05) is 14.2 Å². The Hall–Kier alpha value is -1.52. The highest BCUT2D eigenvalue weighted by atomic mass is 79.9. The van der Waals surface area contributed by atoms with Crippen LogP contribution >= 0.6 is 15.9 Å². The van der Waals surface area contributed by atoms with E-state index in [1.165, 1.54) is 0 Å². The Kier molecular flexibility index (Phi) is 4.45. The summed E-state index contributed by atoms with van der Waals surface area (Å²) in [5.41, 5.74) is 1.51. The number of aliphatic hydroxyl groups excluding tert-OH is 1. The lowest BCUT2D eigenvalue weighted by atomic mass is 10.0. The van der Waals surface area contributed by atoms with Crippen molar-refractivity contribution in [3.05, 3.63) is 58.1 Å². The van der Waals surface area contributed by atoms with Crippen molar-refractivity contribution in [1.29, 1.82) is 0 Å². The van der Waals surface area contributed by atoms with Gasteiger partial charge in [-0.2, -0.15) is 0 Å². The van der Waals surface area contributed by atoms with Gasteiger partial charge in [0.15, 0.2) is 0 Å². The van der Waals surface area contributed by atoms with Crippen molar-refractivity contribution in [2.45, 2.75) is 6.10 Å². The highest BCUT2D eigenvalue weighted by Gasteiger charge is 2.16. The van der Waals surface area contributed by atoms with E-state index in [2.05, 4.69) is 15.9 Å². The molecule has 0 aromatic heterocycles. The lowest BCUT2D eigenvalue weighted by molar-refractivity contribution is 0.214. The molecule has 0 aliphatic rings. The molecule has 0 amide bonds. The van der Waals surface area contributed by atoms with Crippen LogP contribution in [0.25, 0.3) is 0 Å². The summed E-state index contributed by atoms with van der Waals surface area (Å²) in [6.45, 7) is 0. The zero-order chi connectivity index (χ0) is 13.8. The molecule has 1 unspecified atom stereocenters. The quantitative estimate of drug-likeness (QED) is 0.935. The van der Waals surface area contributed by atoms with Crippen molar-refractivity contribution in [3.63, 3.8) is 0 Å². The molecule has 0 aliphatic carbocycles. The summed E-state index contributed by atoms with van der Waals surface area (Å²) in [5.74, 6) is 1.40. The first-order chi connectivity index (χ1) is 9.17. The van der Waals surface area contributed by atoms with Gasteiger partial charge < -0.3 is 14.6 Å². The second-order valence-electron chi connectivity index (χ2n) is 4.04. The number of halogens is 1. The van der Waals surface area contributed by atoms with Crippen molar-refractivity contribution >= 4 is 15.9 Å². The smallest absolute Gasteiger partial charge is 0.133 e. The number of hydrogen-bond acceptors (Lipinski definition) is 3. The molecule has 1 N–H and O–H groups in total.